The van der Waals surface area contributed by atoms with Crippen molar-refractivity contribution in [2.24, 2.45) is 11.8 Å². The monoisotopic (exact) mass is 188 g/mol. The molecule has 4 heteroatoms. The van der Waals surface area contributed by atoms with E-state index in [-0.39, 0.29) is 24.4 Å². The number of carbonyl (C=O) groups is 1. The van der Waals surface area contributed by atoms with Crippen molar-refractivity contribution in [3.05, 3.63) is 0 Å². The highest BCUT2D eigenvalue weighted by atomic mass is 16.6. The predicted octanol–water partition coefficient (Wildman–Crippen LogP) is -0.0727. The smallest absolute Gasteiger partial charge is 0.309 e. The fourth-order valence-electron chi connectivity index (χ4n) is 1.53. The largest absolute Gasteiger partial charge is 0.459 e. The Morgan fingerprint density at radius 2 is 2.23 bits per heavy atom. The van der Waals surface area contributed by atoms with Gasteiger partial charge in [0.05, 0.1) is 12.5 Å². The van der Waals surface area contributed by atoms with Crippen molar-refractivity contribution in [2.45, 2.75) is 32.5 Å². The highest BCUT2D eigenvalue weighted by Gasteiger charge is 2.39. The van der Waals surface area contributed by atoms with Gasteiger partial charge in [-0.1, -0.05) is 13.8 Å². The summed E-state index contributed by atoms with van der Waals surface area (Å²) in [6.07, 6.45) is -0.948. The van der Waals surface area contributed by atoms with E-state index in [0.29, 0.717) is 6.42 Å². The van der Waals surface area contributed by atoms with E-state index in [2.05, 4.69) is 0 Å². The Kier molecular flexibility index (Phi) is 3.27. The number of hydrogen-bond acceptors (Lipinski definition) is 4. The van der Waals surface area contributed by atoms with E-state index in [1.807, 2.05) is 13.8 Å². The van der Waals surface area contributed by atoms with Crippen molar-refractivity contribution in [3.63, 3.8) is 0 Å². The molecule has 0 amide bonds. The Labute approximate surface area is 77.5 Å². The zero-order valence-corrected chi connectivity index (χ0v) is 7.93. The number of cyclic esters (lactones) is 1. The Bertz CT molecular complexity index is 190. The fourth-order valence-corrected chi connectivity index (χ4v) is 1.53. The van der Waals surface area contributed by atoms with Gasteiger partial charge in [-0.15, -0.1) is 0 Å². The molecule has 0 bridgehead atoms. The van der Waals surface area contributed by atoms with Gasteiger partial charge in [-0.25, -0.2) is 0 Å². The SMILES string of the molecule is CC(C)C1CC(C(O)CO)OC1=O. The molecule has 13 heavy (non-hydrogen) atoms. The first-order valence-corrected chi connectivity index (χ1v) is 4.55. The number of esters is 1. The maximum atomic E-state index is 11.2. The minimum Gasteiger partial charge on any atom is -0.459 e. The Balaban J connectivity index is 2.55. The molecule has 0 aliphatic carbocycles. The van der Waals surface area contributed by atoms with Crippen LogP contribution < -0.4 is 0 Å². The molecule has 0 aromatic heterocycles. The predicted molar refractivity (Wildman–Crippen MR) is 45.9 cm³/mol. The van der Waals surface area contributed by atoms with Gasteiger partial charge in [-0.05, 0) is 5.92 Å². The second kappa shape index (κ2) is 4.07. The number of ether oxygens (including phenoxy) is 1. The van der Waals surface area contributed by atoms with Crippen LogP contribution >= 0.6 is 0 Å². The summed E-state index contributed by atoms with van der Waals surface area (Å²) in [4.78, 5) is 11.2. The summed E-state index contributed by atoms with van der Waals surface area (Å²) in [5.74, 6) is -0.165. The van der Waals surface area contributed by atoms with Gasteiger partial charge in [0.1, 0.15) is 12.2 Å². The van der Waals surface area contributed by atoms with Gasteiger partial charge in [0, 0.05) is 6.42 Å². The molecular formula is C9H16O4. The molecule has 0 radical (unpaired) electrons. The molecule has 1 heterocycles. The van der Waals surface area contributed by atoms with E-state index >= 15 is 0 Å². The Hall–Kier alpha value is -0.610. The third-order valence-electron chi connectivity index (χ3n) is 2.48. The quantitative estimate of drug-likeness (QED) is 0.608. The second-order valence-electron chi connectivity index (χ2n) is 3.81. The van der Waals surface area contributed by atoms with Crippen LogP contribution in [0.3, 0.4) is 0 Å². The minimum absolute atomic E-state index is 0.133. The zero-order chi connectivity index (χ0) is 10.0. The zero-order valence-electron chi connectivity index (χ0n) is 7.93. The summed E-state index contributed by atoms with van der Waals surface area (Å²) in [7, 11) is 0. The third kappa shape index (κ3) is 2.19. The van der Waals surface area contributed by atoms with E-state index in [1.54, 1.807) is 0 Å². The normalized spacial score (nSPS) is 30.7. The van der Waals surface area contributed by atoms with Crippen LogP contribution in [0.1, 0.15) is 20.3 Å². The molecule has 1 saturated heterocycles. The van der Waals surface area contributed by atoms with Gasteiger partial charge in [0.2, 0.25) is 0 Å². The van der Waals surface area contributed by atoms with Crippen LogP contribution in [0.25, 0.3) is 0 Å². The molecule has 3 atom stereocenters. The van der Waals surface area contributed by atoms with Crippen molar-refractivity contribution in [1.29, 1.82) is 0 Å². The maximum absolute atomic E-state index is 11.2. The van der Waals surface area contributed by atoms with E-state index < -0.39 is 12.2 Å². The molecule has 1 aliphatic heterocycles. The molecule has 1 aliphatic rings. The van der Waals surface area contributed by atoms with Gasteiger partial charge in [-0.2, -0.15) is 0 Å². The van der Waals surface area contributed by atoms with Gasteiger partial charge < -0.3 is 14.9 Å². The molecule has 76 valence electrons. The Morgan fingerprint density at radius 3 is 2.62 bits per heavy atom. The van der Waals surface area contributed by atoms with Crippen LogP contribution in [0.5, 0.6) is 0 Å². The average molecular weight is 188 g/mol. The summed E-state index contributed by atoms with van der Waals surface area (Å²) in [5.41, 5.74) is 0. The molecule has 0 aromatic carbocycles. The van der Waals surface area contributed by atoms with Gasteiger partial charge in [0.25, 0.3) is 0 Å². The molecule has 3 unspecified atom stereocenters. The molecule has 0 saturated carbocycles. The molecular weight excluding hydrogens is 172 g/mol. The van der Waals surface area contributed by atoms with Crippen molar-refractivity contribution in [1.82, 2.24) is 0 Å². The van der Waals surface area contributed by atoms with Crippen LogP contribution in [-0.2, 0) is 9.53 Å². The fraction of sp³-hybridized carbons (Fsp3) is 0.889. The molecule has 0 aromatic rings. The minimum atomic E-state index is -0.937. The summed E-state index contributed by atoms with van der Waals surface area (Å²) in [6.45, 7) is 3.53. The molecule has 1 rings (SSSR count). The van der Waals surface area contributed by atoms with E-state index in [9.17, 15) is 9.90 Å². The summed E-state index contributed by atoms with van der Waals surface area (Å²) in [6, 6.07) is 0. The highest BCUT2D eigenvalue weighted by molar-refractivity contribution is 5.74. The number of aliphatic hydroxyl groups excluding tert-OH is 2. The summed E-state index contributed by atoms with van der Waals surface area (Å²) >= 11 is 0. The summed E-state index contributed by atoms with van der Waals surface area (Å²) < 4.78 is 4.94. The van der Waals surface area contributed by atoms with Crippen molar-refractivity contribution in [2.75, 3.05) is 6.61 Å². The lowest BCUT2D eigenvalue weighted by atomic mass is 9.92. The molecule has 0 spiro atoms. The molecule has 4 nitrogen and oxygen atoms in total. The van der Waals surface area contributed by atoms with Crippen LogP contribution in [-0.4, -0.2) is 35.0 Å². The van der Waals surface area contributed by atoms with Gasteiger partial charge in [-0.3, -0.25) is 4.79 Å². The number of carbonyl (C=O) groups excluding carboxylic acids is 1. The van der Waals surface area contributed by atoms with Crippen LogP contribution in [0.4, 0.5) is 0 Å². The average Bonchev–Trinajstić information content (AvgIpc) is 2.46. The third-order valence-corrected chi connectivity index (χ3v) is 2.48. The first-order valence-electron chi connectivity index (χ1n) is 4.55. The first-order chi connectivity index (χ1) is 6.06. The Morgan fingerprint density at radius 1 is 1.62 bits per heavy atom. The maximum Gasteiger partial charge on any atom is 0.309 e. The van der Waals surface area contributed by atoms with E-state index in [0.717, 1.165) is 0 Å². The van der Waals surface area contributed by atoms with E-state index in [1.165, 1.54) is 0 Å². The lowest BCUT2D eigenvalue weighted by Gasteiger charge is -2.13. The number of rotatable bonds is 3. The second-order valence-corrected chi connectivity index (χ2v) is 3.81. The van der Waals surface area contributed by atoms with Crippen molar-refractivity contribution >= 4 is 5.97 Å². The topological polar surface area (TPSA) is 66.8 Å². The standard InChI is InChI=1S/C9H16O4/c1-5(2)6-3-8(7(11)4-10)13-9(6)12/h5-8,10-11H,3-4H2,1-2H3. The number of aliphatic hydroxyl groups is 2. The lowest BCUT2D eigenvalue weighted by molar-refractivity contribution is -0.149. The van der Waals surface area contributed by atoms with Crippen molar-refractivity contribution in [3.8, 4) is 0 Å². The lowest BCUT2D eigenvalue weighted by Crippen LogP contribution is -2.29. The summed E-state index contributed by atoms with van der Waals surface area (Å²) in [5, 5.41) is 17.9. The molecule has 2 N–H and O–H groups in total. The van der Waals surface area contributed by atoms with Crippen LogP contribution in [0.15, 0.2) is 0 Å². The van der Waals surface area contributed by atoms with Crippen LogP contribution in [0, 0.1) is 11.8 Å². The van der Waals surface area contributed by atoms with Gasteiger partial charge in [0.15, 0.2) is 0 Å². The highest BCUT2D eigenvalue weighted by Crippen LogP contribution is 2.28. The van der Waals surface area contributed by atoms with E-state index in [4.69, 9.17) is 9.84 Å². The van der Waals surface area contributed by atoms with Gasteiger partial charge >= 0.3 is 5.97 Å². The number of hydrogen-bond donors (Lipinski definition) is 2. The first kappa shape index (κ1) is 10.5. The van der Waals surface area contributed by atoms with Crippen LogP contribution in [0.2, 0.25) is 0 Å². The molecule has 1 fully saturated rings. The van der Waals surface area contributed by atoms with Crippen molar-refractivity contribution < 1.29 is 19.7 Å².